The van der Waals surface area contributed by atoms with Gasteiger partial charge in [0.1, 0.15) is 11.6 Å². The first kappa shape index (κ1) is 9.83. The number of para-hydroxylation sites is 2. The average Bonchev–Trinajstić information content (AvgIpc) is 2.41. The molecule has 1 aliphatic heterocycles. The third kappa shape index (κ3) is 2.21. The van der Waals surface area contributed by atoms with Crippen molar-refractivity contribution in [3.63, 3.8) is 0 Å². The lowest BCUT2D eigenvalue weighted by Crippen LogP contribution is -2.33. The van der Waals surface area contributed by atoms with Crippen molar-refractivity contribution >= 4 is 11.5 Å². The number of rotatable bonds is 2. The van der Waals surface area contributed by atoms with Crippen molar-refractivity contribution in [1.29, 1.82) is 5.41 Å². The molecule has 3 N–H and O–H groups in total. The topological polar surface area (TPSA) is 62.3 Å². The van der Waals surface area contributed by atoms with Crippen molar-refractivity contribution < 1.29 is 4.74 Å². The van der Waals surface area contributed by atoms with Crippen LogP contribution < -0.4 is 15.4 Å². The molecule has 4 heteroatoms. The zero-order valence-electron chi connectivity index (χ0n) is 8.57. The van der Waals surface area contributed by atoms with Crippen molar-refractivity contribution in [2.24, 2.45) is 5.73 Å². The predicted octanol–water partition coefficient (Wildman–Crippen LogP) is 1.21. The number of nitrogens with two attached hydrogens (primary N) is 1. The number of amidine groups is 1. The first-order valence-corrected chi connectivity index (χ1v) is 5.07. The quantitative estimate of drug-likeness (QED) is 0.563. The molecule has 0 spiro atoms. The minimum absolute atomic E-state index is 0.187. The van der Waals surface area contributed by atoms with Gasteiger partial charge >= 0.3 is 0 Å². The third-order valence-electron chi connectivity index (χ3n) is 2.40. The van der Waals surface area contributed by atoms with Gasteiger partial charge in [-0.05, 0) is 18.6 Å². The maximum Gasteiger partial charge on any atom is 0.142 e. The molecule has 0 aromatic heterocycles. The van der Waals surface area contributed by atoms with Crippen molar-refractivity contribution in [2.75, 3.05) is 24.6 Å². The van der Waals surface area contributed by atoms with E-state index in [0.29, 0.717) is 6.54 Å². The van der Waals surface area contributed by atoms with Crippen LogP contribution in [-0.4, -0.2) is 25.5 Å². The number of nitrogens with one attached hydrogen (secondary N) is 1. The van der Waals surface area contributed by atoms with E-state index >= 15 is 0 Å². The Kier molecular flexibility index (Phi) is 2.76. The van der Waals surface area contributed by atoms with Crippen LogP contribution in [0.2, 0.25) is 0 Å². The van der Waals surface area contributed by atoms with Gasteiger partial charge in [0.2, 0.25) is 0 Å². The molecule has 0 fully saturated rings. The maximum atomic E-state index is 7.34. The second-order valence-electron chi connectivity index (χ2n) is 3.62. The minimum atomic E-state index is 0.187. The number of hydrogen-bond donors (Lipinski definition) is 2. The molecular formula is C11H15N3O. The van der Waals surface area contributed by atoms with Gasteiger partial charge in [0, 0.05) is 6.54 Å². The Hall–Kier alpha value is -1.71. The standard InChI is InChI=1S/C11H15N3O/c12-11(13)8-14-6-3-7-15-10-5-2-1-4-9(10)14/h1-2,4-5H,3,6-8H2,(H3,12,13). The van der Waals surface area contributed by atoms with Gasteiger partial charge in [0.15, 0.2) is 0 Å². The van der Waals surface area contributed by atoms with Gasteiger partial charge in [-0.25, -0.2) is 0 Å². The molecule has 2 rings (SSSR count). The van der Waals surface area contributed by atoms with E-state index in [-0.39, 0.29) is 5.84 Å². The van der Waals surface area contributed by atoms with Crippen LogP contribution in [0.1, 0.15) is 6.42 Å². The molecule has 80 valence electrons. The molecule has 1 aromatic rings. The van der Waals surface area contributed by atoms with Crippen LogP contribution in [0.15, 0.2) is 24.3 Å². The minimum Gasteiger partial charge on any atom is -0.491 e. The van der Waals surface area contributed by atoms with Crippen molar-refractivity contribution in [1.82, 2.24) is 0 Å². The fourth-order valence-electron chi connectivity index (χ4n) is 1.77. The Balaban J connectivity index is 2.28. The number of ether oxygens (including phenoxy) is 1. The number of anilines is 1. The summed E-state index contributed by atoms with van der Waals surface area (Å²) in [6.45, 7) is 2.09. The summed E-state index contributed by atoms with van der Waals surface area (Å²) in [5.41, 5.74) is 6.46. The smallest absolute Gasteiger partial charge is 0.142 e. The highest BCUT2D eigenvalue weighted by Gasteiger charge is 2.15. The van der Waals surface area contributed by atoms with E-state index in [1.165, 1.54) is 0 Å². The molecule has 4 nitrogen and oxygen atoms in total. The van der Waals surface area contributed by atoms with Crippen LogP contribution in [0, 0.1) is 5.41 Å². The highest BCUT2D eigenvalue weighted by molar-refractivity contribution is 5.82. The SMILES string of the molecule is N=C(N)CN1CCCOc2ccccc21. The number of hydrogen-bond acceptors (Lipinski definition) is 3. The lowest BCUT2D eigenvalue weighted by Gasteiger charge is -2.22. The summed E-state index contributed by atoms with van der Waals surface area (Å²) in [7, 11) is 0. The Labute approximate surface area is 89.1 Å². The lowest BCUT2D eigenvalue weighted by molar-refractivity contribution is 0.322. The summed E-state index contributed by atoms with van der Waals surface area (Å²) in [6.07, 6.45) is 0.960. The normalized spacial score (nSPS) is 15.1. The predicted molar refractivity (Wildman–Crippen MR) is 60.7 cm³/mol. The summed E-state index contributed by atoms with van der Waals surface area (Å²) >= 11 is 0. The largest absolute Gasteiger partial charge is 0.491 e. The van der Waals surface area contributed by atoms with E-state index < -0.39 is 0 Å². The van der Waals surface area contributed by atoms with Gasteiger partial charge in [0.25, 0.3) is 0 Å². The Morgan fingerprint density at radius 3 is 3.07 bits per heavy atom. The molecule has 0 saturated carbocycles. The van der Waals surface area contributed by atoms with Crippen LogP contribution in [0.4, 0.5) is 5.69 Å². The van der Waals surface area contributed by atoms with E-state index in [9.17, 15) is 0 Å². The number of nitrogens with zero attached hydrogens (tertiary/aromatic N) is 1. The molecule has 15 heavy (non-hydrogen) atoms. The Morgan fingerprint density at radius 2 is 2.27 bits per heavy atom. The zero-order chi connectivity index (χ0) is 10.7. The van der Waals surface area contributed by atoms with Gasteiger partial charge in [-0.2, -0.15) is 0 Å². The third-order valence-corrected chi connectivity index (χ3v) is 2.40. The monoisotopic (exact) mass is 205 g/mol. The fourth-order valence-corrected chi connectivity index (χ4v) is 1.77. The molecule has 0 radical (unpaired) electrons. The second kappa shape index (κ2) is 4.21. The molecule has 1 aromatic carbocycles. The second-order valence-corrected chi connectivity index (χ2v) is 3.62. The van der Waals surface area contributed by atoms with E-state index in [4.69, 9.17) is 15.9 Å². The van der Waals surface area contributed by atoms with E-state index in [1.807, 2.05) is 24.3 Å². The molecule has 0 amide bonds. The number of fused-ring (bicyclic) bond motifs is 1. The van der Waals surface area contributed by atoms with Crippen LogP contribution in [0.5, 0.6) is 5.75 Å². The summed E-state index contributed by atoms with van der Waals surface area (Å²) < 4.78 is 5.61. The van der Waals surface area contributed by atoms with Gasteiger partial charge in [-0.15, -0.1) is 0 Å². The van der Waals surface area contributed by atoms with Gasteiger partial charge < -0.3 is 15.4 Å². The summed E-state index contributed by atoms with van der Waals surface area (Å²) in [5.74, 6) is 1.07. The molecular weight excluding hydrogens is 190 g/mol. The van der Waals surface area contributed by atoms with E-state index in [2.05, 4.69) is 4.90 Å². The van der Waals surface area contributed by atoms with Gasteiger partial charge in [0.05, 0.1) is 18.8 Å². The van der Waals surface area contributed by atoms with Gasteiger partial charge in [-0.3, -0.25) is 5.41 Å². The first-order chi connectivity index (χ1) is 7.27. The van der Waals surface area contributed by atoms with Crippen LogP contribution >= 0.6 is 0 Å². The maximum absolute atomic E-state index is 7.34. The summed E-state index contributed by atoms with van der Waals surface area (Å²) in [6, 6.07) is 7.88. The molecule has 0 bridgehead atoms. The molecule has 1 aliphatic rings. The molecule has 0 saturated heterocycles. The van der Waals surface area contributed by atoms with Crippen LogP contribution in [0.3, 0.4) is 0 Å². The highest BCUT2D eigenvalue weighted by atomic mass is 16.5. The Bertz CT molecular complexity index is 365. The summed E-state index contributed by atoms with van der Waals surface area (Å²) in [5, 5.41) is 7.34. The fraction of sp³-hybridized carbons (Fsp3) is 0.364. The molecule has 1 heterocycles. The van der Waals surface area contributed by atoms with E-state index in [0.717, 1.165) is 31.0 Å². The molecule has 0 aliphatic carbocycles. The van der Waals surface area contributed by atoms with Crippen molar-refractivity contribution in [3.05, 3.63) is 24.3 Å². The number of benzene rings is 1. The molecule has 0 unspecified atom stereocenters. The Morgan fingerprint density at radius 1 is 1.47 bits per heavy atom. The van der Waals surface area contributed by atoms with E-state index in [1.54, 1.807) is 0 Å². The summed E-state index contributed by atoms with van der Waals surface area (Å²) in [4.78, 5) is 2.09. The average molecular weight is 205 g/mol. The van der Waals surface area contributed by atoms with Crippen molar-refractivity contribution in [3.8, 4) is 5.75 Å². The molecule has 0 atom stereocenters. The zero-order valence-corrected chi connectivity index (χ0v) is 8.57. The van der Waals surface area contributed by atoms with Crippen molar-refractivity contribution in [2.45, 2.75) is 6.42 Å². The van der Waals surface area contributed by atoms with Crippen LogP contribution in [-0.2, 0) is 0 Å². The first-order valence-electron chi connectivity index (χ1n) is 5.07. The van der Waals surface area contributed by atoms with Gasteiger partial charge in [-0.1, -0.05) is 12.1 Å². The highest BCUT2D eigenvalue weighted by Crippen LogP contribution is 2.29. The van der Waals surface area contributed by atoms with Crippen LogP contribution in [0.25, 0.3) is 0 Å². The lowest BCUT2D eigenvalue weighted by atomic mass is 10.2.